The minimum Gasteiger partial charge on any atom is -0.456 e. The van der Waals surface area contributed by atoms with Gasteiger partial charge in [0.15, 0.2) is 6.61 Å². The van der Waals surface area contributed by atoms with E-state index in [2.05, 4.69) is 5.16 Å². The van der Waals surface area contributed by atoms with E-state index in [4.69, 9.17) is 9.57 Å². The third-order valence-electron chi connectivity index (χ3n) is 4.02. The minimum atomic E-state index is -1.01. The molecule has 1 amide bonds. The van der Waals surface area contributed by atoms with Crippen LogP contribution in [0.3, 0.4) is 0 Å². The van der Waals surface area contributed by atoms with Crippen LogP contribution in [0, 0.1) is 10.1 Å². The SMILES string of the molecule is CN(C)C(=O)CO/N=C(\C(=O)OCc1ccc([N+](=O)[O-])cc1)C(=O)SN1CCCC1. The van der Waals surface area contributed by atoms with Gasteiger partial charge in [-0.25, -0.2) is 9.10 Å². The molecule has 0 atom stereocenters. The van der Waals surface area contributed by atoms with Gasteiger partial charge in [-0.2, -0.15) is 0 Å². The molecule has 0 aromatic heterocycles. The predicted molar refractivity (Wildman–Crippen MR) is 108 cm³/mol. The fourth-order valence-electron chi connectivity index (χ4n) is 2.31. The number of non-ortho nitro benzene ring substituents is 1. The molecule has 0 aliphatic carbocycles. The van der Waals surface area contributed by atoms with Crippen LogP contribution in [0.1, 0.15) is 18.4 Å². The van der Waals surface area contributed by atoms with E-state index < -0.39 is 34.2 Å². The number of hydrogen-bond acceptors (Lipinski definition) is 10. The Morgan fingerprint density at radius 3 is 2.40 bits per heavy atom. The van der Waals surface area contributed by atoms with Crippen LogP contribution in [0.25, 0.3) is 0 Å². The van der Waals surface area contributed by atoms with Crippen LogP contribution < -0.4 is 0 Å². The summed E-state index contributed by atoms with van der Waals surface area (Å²) in [7, 11) is 3.06. The summed E-state index contributed by atoms with van der Waals surface area (Å²) >= 11 is 0.848. The van der Waals surface area contributed by atoms with Crippen molar-refractivity contribution < 1.29 is 28.9 Å². The highest BCUT2D eigenvalue weighted by Gasteiger charge is 2.28. The number of rotatable bonds is 9. The Balaban J connectivity index is 2.03. The average molecular weight is 438 g/mol. The number of nitrogens with zero attached hydrogens (tertiary/aromatic N) is 4. The fourth-order valence-corrected chi connectivity index (χ4v) is 3.19. The molecule has 1 aromatic carbocycles. The third-order valence-corrected chi connectivity index (χ3v) is 5.01. The number of carbonyl (C=O) groups is 3. The molecular formula is C18H22N4O7S. The molecule has 1 fully saturated rings. The average Bonchev–Trinajstić information content (AvgIpc) is 3.22. The van der Waals surface area contributed by atoms with Crippen LogP contribution in [0.4, 0.5) is 5.69 Å². The van der Waals surface area contributed by atoms with E-state index in [1.165, 1.54) is 43.3 Å². The van der Waals surface area contributed by atoms with Crippen LogP contribution in [0.15, 0.2) is 29.4 Å². The van der Waals surface area contributed by atoms with E-state index in [1.54, 1.807) is 0 Å². The highest BCUT2D eigenvalue weighted by molar-refractivity contribution is 8.13. The smallest absolute Gasteiger partial charge is 0.365 e. The number of nitro benzene ring substituents is 1. The van der Waals surface area contributed by atoms with Gasteiger partial charge in [0, 0.05) is 51.3 Å². The molecule has 2 rings (SSSR count). The van der Waals surface area contributed by atoms with Crippen molar-refractivity contribution in [3.8, 4) is 0 Å². The second kappa shape index (κ2) is 11.3. The van der Waals surface area contributed by atoms with E-state index in [9.17, 15) is 24.5 Å². The zero-order valence-corrected chi connectivity index (χ0v) is 17.4. The number of nitro groups is 1. The zero-order valence-electron chi connectivity index (χ0n) is 16.6. The van der Waals surface area contributed by atoms with E-state index in [1.807, 2.05) is 4.31 Å². The summed E-state index contributed by atoms with van der Waals surface area (Å²) in [6, 6.07) is 5.44. The van der Waals surface area contributed by atoms with Gasteiger partial charge in [0.1, 0.15) is 6.61 Å². The summed E-state index contributed by atoms with van der Waals surface area (Å²) in [4.78, 5) is 52.9. The van der Waals surface area contributed by atoms with Gasteiger partial charge in [0.05, 0.1) is 4.92 Å². The molecule has 162 valence electrons. The third kappa shape index (κ3) is 7.12. The minimum absolute atomic E-state index is 0.0940. The second-order valence-corrected chi connectivity index (χ2v) is 7.59. The first-order valence-corrected chi connectivity index (χ1v) is 9.83. The standard InChI is InChI=1S/C18H22N4O7S/c1-20(2)15(23)12-29-19-16(18(25)30-21-9-3-4-10-21)17(24)28-11-13-5-7-14(8-6-13)22(26)27/h5-8H,3-4,9-12H2,1-2H3/b19-16+. The molecule has 11 nitrogen and oxygen atoms in total. The van der Waals surface area contributed by atoms with Gasteiger partial charge in [-0.15, -0.1) is 0 Å². The lowest BCUT2D eigenvalue weighted by atomic mass is 10.2. The largest absolute Gasteiger partial charge is 0.456 e. The van der Waals surface area contributed by atoms with E-state index in [-0.39, 0.29) is 12.3 Å². The number of esters is 1. The summed E-state index contributed by atoms with van der Waals surface area (Å²) in [6.07, 6.45) is 1.90. The lowest BCUT2D eigenvalue weighted by molar-refractivity contribution is -0.384. The molecule has 0 spiro atoms. The molecule has 1 saturated heterocycles. The quantitative estimate of drug-likeness (QED) is 0.140. The molecule has 12 heteroatoms. The van der Waals surface area contributed by atoms with Crippen LogP contribution in [0.5, 0.6) is 0 Å². The van der Waals surface area contributed by atoms with Crippen molar-refractivity contribution in [2.24, 2.45) is 5.16 Å². The van der Waals surface area contributed by atoms with Crippen molar-refractivity contribution in [2.75, 3.05) is 33.8 Å². The van der Waals surface area contributed by atoms with Crippen molar-refractivity contribution in [1.29, 1.82) is 0 Å². The second-order valence-electron chi connectivity index (χ2n) is 6.52. The lowest BCUT2D eigenvalue weighted by Crippen LogP contribution is -2.29. The number of carbonyl (C=O) groups excluding carboxylic acids is 3. The van der Waals surface area contributed by atoms with Crippen LogP contribution >= 0.6 is 11.9 Å². The Morgan fingerprint density at radius 2 is 1.83 bits per heavy atom. The Labute approximate surface area is 177 Å². The Hall–Kier alpha value is -2.99. The molecule has 0 unspecified atom stereocenters. The van der Waals surface area contributed by atoms with Crippen molar-refractivity contribution in [2.45, 2.75) is 19.4 Å². The monoisotopic (exact) mass is 438 g/mol. The maximum atomic E-state index is 12.5. The first-order valence-electron chi connectivity index (χ1n) is 9.05. The normalized spacial score (nSPS) is 14.3. The number of hydrogen-bond donors (Lipinski definition) is 0. The Morgan fingerprint density at radius 1 is 1.20 bits per heavy atom. The molecule has 1 heterocycles. The van der Waals surface area contributed by atoms with Crippen molar-refractivity contribution >= 4 is 40.3 Å². The summed E-state index contributed by atoms with van der Waals surface area (Å²) in [5.74, 6) is -1.40. The zero-order chi connectivity index (χ0) is 22.1. The fraction of sp³-hybridized carbons (Fsp3) is 0.444. The van der Waals surface area contributed by atoms with Gasteiger partial charge >= 0.3 is 5.97 Å². The molecule has 0 bridgehead atoms. The van der Waals surface area contributed by atoms with Crippen LogP contribution in [0.2, 0.25) is 0 Å². The Kier molecular flexibility index (Phi) is 8.74. The van der Waals surface area contributed by atoms with Gasteiger partial charge in [0.2, 0.25) is 5.71 Å². The van der Waals surface area contributed by atoms with Gasteiger partial charge in [-0.05, 0) is 30.5 Å². The molecule has 0 N–H and O–H groups in total. The highest BCUT2D eigenvalue weighted by Crippen LogP contribution is 2.20. The van der Waals surface area contributed by atoms with E-state index >= 15 is 0 Å². The maximum absolute atomic E-state index is 12.5. The topological polar surface area (TPSA) is 132 Å². The van der Waals surface area contributed by atoms with Crippen molar-refractivity contribution in [3.63, 3.8) is 0 Å². The molecule has 1 aliphatic rings. The van der Waals surface area contributed by atoms with Crippen molar-refractivity contribution in [1.82, 2.24) is 9.21 Å². The first kappa shape index (κ1) is 23.3. The number of likely N-dealkylation sites (N-methyl/N-ethyl adjacent to an activating group) is 1. The maximum Gasteiger partial charge on any atom is 0.365 e. The molecule has 0 saturated carbocycles. The molecule has 1 aromatic rings. The summed E-state index contributed by atoms with van der Waals surface area (Å²) in [5.41, 5.74) is -0.166. The summed E-state index contributed by atoms with van der Waals surface area (Å²) in [6.45, 7) is 0.769. The van der Waals surface area contributed by atoms with Crippen molar-refractivity contribution in [3.05, 3.63) is 39.9 Å². The number of benzene rings is 1. The summed E-state index contributed by atoms with van der Waals surface area (Å²) < 4.78 is 6.93. The van der Waals surface area contributed by atoms with E-state index in [0.717, 1.165) is 24.8 Å². The highest BCUT2D eigenvalue weighted by atomic mass is 32.2. The molecule has 30 heavy (non-hydrogen) atoms. The van der Waals surface area contributed by atoms with Gasteiger partial charge in [0.25, 0.3) is 16.7 Å². The van der Waals surface area contributed by atoms with Gasteiger partial charge in [-0.3, -0.25) is 19.7 Å². The van der Waals surface area contributed by atoms with Gasteiger partial charge < -0.3 is 14.5 Å². The van der Waals surface area contributed by atoms with Crippen LogP contribution in [-0.4, -0.2) is 70.6 Å². The molecule has 1 aliphatic heterocycles. The lowest BCUT2D eigenvalue weighted by Gasteiger charge is -2.13. The number of ether oxygens (including phenoxy) is 1. The van der Waals surface area contributed by atoms with Gasteiger partial charge in [-0.1, -0.05) is 5.16 Å². The van der Waals surface area contributed by atoms with E-state index in [0.29, 0.717) is 18.7 Å². The number of oxime groups is 1. The summed E-state index contributed by atoms with van der Waals surface area (Å²) in [5, 5.41) is 13.6. The van der Waals surface area contributed by atoms with Crippen LogP contribution in [-0.2, 0) is 30.6 Å². The molecule has 0 radical (unpaired) electrons. The predicted octanol–water partition coefficient (Wildman–Crippen LogP) is 1.37. The first-order chi connectivity index (χ1) is 14.3. The molecular weight excluding hydrogens is 416 g/mol. The number of amides is 1. The Bertz CT molecular complexity index is 820.